The second-order valence-corrected chi connectivity index (χ2v) is 4.80. The predicted molar refractivity (Wildman–Crippen MR) is 86.3 cm³/mol. The number of carbonyl (C=O) groups is 1. The summed E-state index contributed by atoms with van der Waals surface area (Å²) in [5.74, 6) is -0.254. The number of nitrogens with zero attached hydrogens (tertiary/aromatic N) is 3. The maximum atomic E-state index is 12.0. The second kappa shape index (κ2) is 8.71. The number of allylic oxidation sites excluding steroid dienone is 2. The third kappa shape index (κ3) is 5.47. The Bertz CT molecular complexity index is 657. The Morgan fingerprint density at radius 2 is 2.27 bits per heavy atom. The minimum atomic E-state index is -0.832. The summed E-state index contributed by atoms with van der Waals surface area (Å²) in [5, 5.41) is 8.69. The summed E-state index contributed by atoms with van der Waals surface area (Å²) in [6, 6.07) is 0. The Balaban J connectivity index is 2.97. The highest BCUT2D eigenvalue weighted by molar-refractivity contribution is 5.66. The molecule has 0 spiro atoms. The smallest absolute Gasteiger partial charge is 0.303 e. The maximum Gasteiger partial charge on any atom is 0.303 e. The first kappa shape index (κ1) is 17.6. The van der Waals surface area contributed by atoms with Crippen LogP contribution in [0.3, 0.4) is 0 Å². The summed E-state index contributed by atoms with van der Waals surface area (Å²) >= 11 is 0. The van der Waals surface area contributed by atoms with Crippen LogP contribution in [0.4, 0.5) is 0 Å². The summed E-state index contributed by atoms with van der Waals surface area (Å²) in [7, 11) is 0. The molecule has 0 bridgehead atoms. The lowest BCUT2D eigenvalue weighted by Gasteiger charge is -2.11. The number of carboxylic acid groups (broad SMARTS) is 1. The van der Waals surface area contributed by atoms with Crippen LogP contribution in [0.2, 0.25) is 0 Å². The molecule has 0 amide bonds. The van der Waals surface area contributed by atoms with Crippen molar-refractivity contribution >= 4 is 12.2 Å². The van der Waals surface area contributed by atoms with Gasteiger partial charge in [-0.1, -0.05) is 12.7 Å². The molecule has 0 unspecified atom stereocenters. The molecular weight excluding hydrogens is 282 g/mol. The molecule has 6 nitrogen and oxygen atoms in total. The van der Waals surface area contributed by atoms with E-state index in [0.29, 0.717) is 30.8 Å². The number of carboxylic acids is 1. The van der Waals surface area contributed by atoms with Crippen molar-refractivity contribution in [1.82, 2.24) is 9.55 Å². The van der Waals surface area contributed by atoms with E-state index in [9.17, 15) is 9.59 Å². The van der Waals surface area contributed by atoms with Crippen LogP contribution in [-0.2, 0) is 17.8 Å². The summed E-state index contributed by atoms with van der Waals surface area (Å²) in [6.45, 7) is 7.76. The van der Waals surface area contributed by atoms with Gasteiger partial charge in [-0.2, -0.15) is 4.98 Å². The van der Waals surface area contributed by atoms with Crippen LogP contribution in [0.15, 0.2) is 40.4 Å². The lowest BCUT2D eigenvalue weighted by Crippen LogP contribution is -2.20. The van der Waals surface area contributed by atoms with Gasteiger partial charge in [-0.3, -0.25) is 14.6 Å². The largest absolute Gasteiger partial charge is 0.481 e. The van der Waals surface area contributed by atoms with Gasteiger partial charge < -0.3 is 9.67 Å². The molecule has 6 heteroatoms. The lowest BCUT2D eigenvalue weighted by molar-refractivity contribution is -0.137. The van der Waals surface area contributed by atoms with Crippen molar-refractivity contribution in [2.24, 2.45) is 4.99 Å². The van der Waals surface area contributed by atoms with Gasteiger partial charge in [-0.05, 0) is 25.8 Å². The molecule has 1 aromatic rings. The van der Waals surface area contributed by atoms with Gasteiger partial charge in [-0.15, -0.1) is 0 Å². The standard InChI is InChI=1S/C16H21N3O3/c1-4-13(10-17-5-2)9-14-11-19(8-6-7-15(20)21)12(3)18-16(14)22/h4-5,10-11H,1,6-9H2,2-3H3,(H,20,21)/b13-10+,17-5?. The molecule has 22 heavy (non-hydrogen) atoms. The molecule has 0 aliphatic heterocycles. The van der Waals surface area contributed by atoms with E-state index in [0.717, 1.165) is 5.57 Å². The van der Waals surface area contributed by atoms with Gasteiger partial charge in [0.25, 0.3) is 5.56 Å². The van der Waals surface area contributed by atoms with E-state index in [2.05, 4.69) is 16.6 Å². The molecule has 118 valence electrons. The van der Waals surface area contributed by atoms with Crippen molar-refractivity contribution in [3.05, 3.63) is 52.4 Å². The first-order valence-electron chi connectivity index (χ1n) is 7.06. The number of aromatic nitrogens is 2. The van der Waals surface area contributed by atoms with Crippen molar-refractivity contribution in [1.29, 1.82) is 0 Å². The molecule has 0 aliphatic rings. The van der Waals surface area contributed by atoms with Gasteiger partial charge >= 0.3 is 5.97 Å². The van der Waals surface area contributed by atoms with Crippen LogP contribution < -0.4 is 5.56 Å². The van der Waals surface area contributed by atoms with Gasteiger partial charge in [0.2, 0.25) is 0 Å². The van der Waals surface area contributed by atoms with Gasteiger partial charge in [-0.25, -0.2) is 0 Å². The van der Waals surface area contributed by atoms with E-state index in [1.54, 1.807) is 38.5 Å². The van der Waals surface area contributed by atoms with E-state index in [4.69, 9.17) is 5.11 Å². The topological polar surface area (TPSA) is 84.6 Å². The zero-order valence-electron chi connectivity index (χ0n) is 13.0. The van der Waals surface area contributed by atoms with Crippen LogP contribution in [0, 0.1) is 6.92 Å². The Hall–Kier alpha value is -2.50. The number of aryl methyl sites for hydroxylation is 2. The Kier molecular flexibility index (Phi) is 6.95. The second-order valence-electron chi connectivity index (χ2n) is 4.80. The third-order valence-electron chi connectivity index (χ3n) is 3.10. The summed E-state index contributed by atoms with van der Waals surface area (Å²) in [5.41, 5.74) is 1.08. The van der Waals surface area contributed by atoms with E-state index >= 15 is 0 Å². The number of aliphatic imine (C=N–C) groups is 1. The molecule has 0 aromatic carbocycles. The molecule has 0 saturated carbocycles. The molecule has 0 atom stereocenters. The average molecular weight is 303 g/mol. The molecular formula is C16H21N3O3. The summed E-state index contributed by atoms with van der Waals surface area (Å²) in [4.78, 5) is 30.6. The van der Waals surface area contributed by atoms with Crippen molar-refractivity contribution in [2.45, 2.75) is 39.7 Å². The number of hydrogen-bond acceptors (Lipinski definition) is 4. The molecule has 0 saturated heterocycles. The molecule has 0 aliphatic carbocycles. The predicted octanol–water partition coefficient (Wildman–Crippen LogP) is 2.12. The third-order valence-corrected chi connectivity index (χ3v) is 3.10. The van der Waals surface area contributed by atoms with Gasteiger partial charge in [0.1, 0.15) is 5.82 Å². The maximum absolute atomic E-state index is 12.0. The Labute approximate surface area is 129 Å². The van der Waals surface area contributed by atoms with Crippen LogP contribution in [0.1, 0.15) is 31.2 Å². The number of rotatable bonds is 8. The first-order chi connectivity index (χ1) is 10.5. The van der Waals surface area contributed by atoms with Crippen LogP contribution >= 0.6 is 0 Å². The van der Waals surface area contributed by atoms with Crippen LogP contribution in [0.5, 0.6) is 0 Å². The highest BCUT2D eigenvalue weighted by Crippen LogP contribution is 2.07. The van der Waals surface area contributed by atoms with Crippen LogP contribution in [0.25, 0.3) is 0 Å². The van der Waals surface area contributed by atoms with Crippen molar-refractivity contribution in [2.75, 3.05) is 0 Å². The molecule has 1 heterocycles. The molecule has 1 aromatic heterocycles. The average Bonchev–Trinajstić information content (AvgIpc) is 2.47. The minimum absolute atomic E-state index is 0.0872. The van der Waals surface area contributed by atoms with E-state index in [1.165, 1.54) is 0 Å². The van der Waals surface area contributed by atoms with Gasteiger partial charge in [0.15, 0.2) is 0 Å². The molecule has 1 rings (SSSR count). The quantitative estimate of drug-likeness (QED) is 0.589. The Morgan fingerprint density at radius 1 is 1.55 bits per heavy atom. The fourth-order valence-corrected chi connectivity index (χ4v) is 1.93. The highest BCUT2D eigenvalue weighted by Gasteiger charge is 2.07. The van der Waals surface area contributed by atoms with Crippen LogP contribution in [-0.4, -0.2) is 26.8 Å². The number of hydrogen-bond donors (Lipinski definition) is 1. The monoisotopic (exact) mass is 303 g/mol. The molecule has 1 N–H and O–H groups in total. The first-order valence-corrected chi connectivity index (χ1v) is 7.06. The lowest BCUT2D eigenvalue weighted by atomic mass is 10.1. The minimum Gasteiger partial charge on any atom is -0.481 e. The van der Waals surface area contributed by atoms with E-state index in [-0.39, 0.29) is 12.0 Å². The SMILES string of the molecule is C=C/C(=C\N=CC)Cc1cn(CCCC(=O)O)c(C)nc1=O. The summed E-state index contributed by atoms with van der Waals surface area (Å²) < 4.78 is 1.81. The van der Waals surface area contributed by atoms with Gasteiger partial charge in [0.05, 0.1) is 0 Å². The zero-order valence-corrected chi connectivity index (χ0v) is 13.0. The summed E-state index contributed by atoms with van der Waals surface area (Å²) in [6.07, 6.45) is 7.67. The number of aliphatic carboxylic acids is 1. The van der Waals surface area contributed by atoms with E-state index in [1.807, 2.05) is 4.57 Å². The van der Waals surface area contributed by atoms with Crippen molar-refractivity contribution < 1.29 is 9.90 Å². The van der Waals surface area contributed by atoms with Crippen molar-refractivity contribution in [3.63, 3.8) is 0 Å². The normalized spacial score (nSPS) is 11.8. The van der Waals surface area contributed by atoms with Crippen molar-refractivity contribution in [3.8, 4) is 0 Å². The van der Waals surface area contributed by atoms with E-state index < -0.39 is 5.97 Å². The fraction of sp³-hybridized carbons (Fsp3) is 0.375. The fourth-order valence-electron chi connectivity index (χ4n) is 1.93. The Morgan fingerprint density at radius 3 is 2.86 bits per heavy atom. The highest BCUT2D eigenvalue weighted by atomic mass is 16.4. The zero-order chi connectivity index (χ0) is 16.5. The molecule has 0 radical (unpaired) electrons. The molecule has 0 fully saturated rings. The van der Waals surface area contributed by atoms with Gasteiger partial charge in [0, 0.05) is 43.6 Å².